The molecule has 0 radical (unpaired) electrons. The predicted octanol–water partition coefficient (Wildman–Crippen LogP) is 2.11. The molecule has 224 valence electrons. The number of hydrogen-bond donors (Lipinski definition) is 8. The van der Waals surface area contributed by atoms with Gasteiger partial charge in [-0.1, -0.05) is 23.7 Å². The molecular formula is C29H37ClFN9O2. The number of aryl methyl sites for hydroxylation is 1. The molecule has 0 bridgehead atoms. The van der Waals surface area contributed by atoms with E-state index in [4.69, 9.17) is 39.3 Å². The number of nitrogens with two attached hydrogens (primary N) is 3. The Hall–Kier alpha value is -3.81. The van der Waals surface area contributed by atoms with Crippen molar-refractivity contribution in [1.82, 2.24) is 25.2 Å². The zero-order valence-corrected chi connectivity index (χ0v) is 23.9. The van der Waals surface area contributed by atoms with Crippen LogP contribution in [0.1, 0.15) is 30.4 Å². The first-order chi connectivity index (χ1) is 20.2. The Morgan fingerprint density at radius 3 is 2.64 bits per heavy atom. The van der Waals surface area contributed by atoms with E-state index in [-0.39, 0.29) is 35.2 Å². The summed E-state index contributed by atoms with van der Waals surface area (Å²) in [7, 11) is 0. The van der Waals surface area contributed by atoms with Gasteiger partial charge >= 0.3 is 5.69 Å². The standard InChI is InChI=1S/C29H37ClFN9O2/c30-24-11-18(2-1-3-20(33)16-41)10-23(26(24)31)25-12-19-15-40(29(42)39-27(19)38-25)22-6-4-17(5-7-22)14-37-21(13-32)8-9-36-28(34)35/h4-7,10-12,15,20-21,37,41H,1-3,8-9,13-14,16,32-33H2,(H4,34,35,36)(H,38,39,42)/t20-,21-/m1/s1. The molecule has 0 unspecified atom stereocenters. The first-order valence-corrected chi connectivity index (χ1v) is 14.1. The third-order valence-electron chi connectivity index (χ3n) is 7.06. The highest BCUT2D eigenvalue weighted by Crippen LogP contribution is 2.31. The Kier molecular flexibility index (Phi) is 10.7. The highest BCUT2D eigenvalue weighted by Gasteiger charge is 2.16. The van der Waals surface area contributed by atoms with Crippen LogP contribution in [0.4, 0.5) is 4.39 Å². The Bertz CT molecular complexity index is 1570. The van der Waals surface area contributed by atoms with Crippen LogP contribution in [-0.4, -0.2) is 57.4 Å². The van der Waals surface area contributed by atoms with E-state index in [2.05, 4.69) is 20.6 Å². The van der Waals surface area contributed by atoms with E-state index in [9.17, 15) is 4.79 Å². The van der Waals surface area contributed by atoms with E-state index in [1.807, 2.05) is 24.3 Å². The third kappa shape index (κ3) is 7.93. The highest BCUT2D eigenvalue weighted by molar-refractivity contribution is 6.31. The van der Waals surface area contributed by atoms with Gasteiger partial charge in [-0.15, -0.1) is 0 Å². The van der Waals surface area contributed by atoms with Crippen molar-refractivity contribution in [1.29, 1.82) is 5.41 Å². The average molecular weight is 598 g/mol. The van der Waals surface area contributed by atoms with Crippen molar-refractivity contribution >= 4 is 28.6 Å². The van der Waals surface area contributed by atoms with Gasteiger partial charge in [0.15, 0.2) is 11.8 Å². The number of nitrogens with zero attached hydrogens (tertiary/aromatic N) is 2. The molecule has 2 atom stereocenters. The molecule has 0 spiro atoms. The monoisotopic (exact) mass is 597 g/mol. The topological polar surface area (TPSA) is 197 Å². The minimum atomic E-state index is -0.564. The lowest BCUT2D eigenvalue weighted by atomic mass is 10.0. The maximum absolute atomic E-state index is 15.1. The Balaban J connectivity index is 1.50. The van der Waals surface area contributed by atoms with Crippen molar-refractivity contribution in [3.05, 3.63) is 81.1 Å². The number of hydrogen-bond acceptors (Lipinski definition) is 7. The molecule has 0 aliphatic heterocycles. The molecule has 42 heavy (non-hydrogen) atoms. The number of benzene rings is 2. The molecule has 0 saturated heterocycles. The number of aliphatic hydroxyl groups excluding tert-OH is 1. The van der Waals surface area contributed by atoms with Gasteiger partial charge in [0.05, 0.1) is 23.0 Å². The lowest BCUT2D eigenvalue weighted by Crippen LogP contribution is -2.40. The van der Waals surface area contributed by atoms with Crippen LogP contribution in [-0.2, 0) is 13.0 Å². The van der Waals surface area contributed by atoms with Gasteiger partial charge in [0.2, 0.25) is 0 Å². The smallest absolute Gasteiger partial charge is 0.354 e. The summed E-state index contributed by atoms with van der Waals surface area (Å²) in [6.07, 6.45) is 4.37. The van der Waals surface area contributed by atoms with Gasteiger partial charge in [-0.25, -0.2) is 9.18 Å². The Morgan fingerprint density at radius 1 is 1.19 bits per heavy atom. The van der Waals surface area contributed by atoms with Crippen molar-refractivity contribution in [3.8, 4) is 16.9 Å². The van der Waals surface area contributed by atoms with Crippen LogP contribution < -0.4 is 33.5 Å². The van der Waals surface area contributed by atoms with Gasteiger partial charge in [0.25, 0.3) is 0 Å². The normalized spacial score (nSPS) is 12.9. The Labute approximate surface area is 247 Å². The highest BCUT2D eigenvalue weighted by atomic mass is 35.5. The summed E-state index contributed by atoms with van der Waals surface area (Å²) in [6, 6.07) is 12.3. The minimum Gasteiger partial charge on any atom is -0.395 e. The van der Waals surface area contributed by atoms with E-state index in [1.165, 1.54) is 4.57 Å². The van der Waals surface area contributed by atoms with Crippen LogP contribution in [0, 0.1) is 11.2 Å². The van der Waals surface area contributed by atoms with Crippen LogP contribution in [0.3, 0.4) is 0 Å². The number of fused-ring (bicyclic) bond motifs is 1. The maximum Gasteiger partial charge on any atom is 0.354 e. The van der Waals surface area contributed by atoms with Gasteiger partial charge in [0, 0.05) is 48.9 Å². The second-order valence-corrected chi connectivity index (χ2v) is 10.7. The van der Waals surface area contributed by atoms with Gasteiger partial charge in [-0.05, 0) is 67.1 Å². The van der Waals surface area contributed by atoms with Crippen LogP contribution in [0.5, 0.6) is 0 Å². The zero-order chi connectivity index (χ0) is 30.2. The van der Waals surface area contributed by atoms with Crippen LogP contribution in [0.25, 0.3) is 28.0 Å². The van der Waals surface area contributed by atoms with Gasteiger partial charge in [-0.2, -0.15) is 4.98 Å². The Morgan fingerprint density at radius 2 is 1.95 bits per heavy atom. The molecule has 0 amide bonds. The molecule has 0 fully saturated rings. The van der Waals surface area contributed by atoms with Crippen molar-refractivity contribution < 1.29 is 9.50 Å². The number of aliphatic hydroxyl groups is 1. The fraction of sp³-hybridized carbons (Fsp3) is 0.345. The fourth-order valence-electron chi connectivity index (χ4n) is 4.69. The maximum atomic E-state index is 15.1. The first kappa shape index (κ1) is 31.1. The predicted molar refractivity (Wildman–Crippen MR) is 164 cm³/mol. The van der Waals surface area contributed by atoms with E-state index in [0.29, 0.717) is 61.3 Å². The van der Waals surface area contributed by atoms with Crippen LogP contribution >= 0.6 is 11.6 Å². The number of H-pyrrole nitrogens is 1. The molecule has 2 aromatic carbocycles. The van der Waals surface area contributed by atoms with E-state index >= 15 is 4.39 Å². The first-order valence-electron chi connectivity index (χ1n) is 13.8. The fourth-order valence-corrected chi connectivity index (χ4v) is 4.93. The van der Waals surface area contributed by atoms with Gasteiger partial charge in [0.1, 0.15) is 5.65 Å². The molecule has 11 N–H and O–H groups in total. The second kappa shape index (κ2) is 14.4. The van der Waals surface area contributed by atoms with Gasteiger partial charge in [-0.3, -0.25) is 9.98 Å². The molecule has 11 nitrogen and oxygen atoms in total. The molecule has 0 aliphatic carbocycles. The van der Waals surface area contributed by atoms with Crippen molar-refractivity contribution in [2.45, 2.75) is 44.3 Å². The molecule has 13 heteroatoms. The summed E-state index contributed by atoms with van der Waals surface area (Å²) in [5.74, 6) is -0.636. The molecule has 2 heterocycles. The molecule has 4 rings (SSSR count). The third-order valence-corrected chi connectivity index (χ3v) is 7.34. The molecular weight excluding hydrogens is 561 g/mol. The number of rotatable bonds is 14. The van der Waals surface area contributed by atoms with Crippen molar-refractivity contribution in [2.24, 2.45) is 17.2 Å². The van der Waals surface area contributed by atoms with E-state index < -0.39 is 11.5 Å². The van der Waals surface area contributed by atoms with Crippen LogP contribution in [0.15, 0.2) is 53.5 Å². The summed E-state index contributed by atoms with van der Waals surface area (Å²) in [4.78, 5) is 20.1. The van der Waals surface area contributed by atoms with E-state index in [0.717, 1.165) is 17.5 Å². The average Bonchev–Trinajstić information content (AvgIpc) is 3.38. The van der Waals surface area contributed by atoms with Crippen molar-refractivity contribution in [2.75, 3.05) is 19.7 Å². The van der Waals surface area contributed by atoms with Crippen LogP contribution in [0.2, 0.25) is 5.02 Å². The van der Waals surface area contributed by atoms with Crippen molar-refractivity contribution in [3.63, 3.8) is 0 Å². The lowest BCUT2D eigenvalue weighted by Gasteiger charge is -2.17. The van der Waals surface area contributed by atoms with E-state index in [1.54, 1.807) is 24.4 Å². The number of aromatic nitrogens is 3. The second-order valence-electron chi connectivity index (χ2n) is 10.3. The SMILES string of the molecule is N=C(N)NCC[C@H](CN)NCc1ccc(-n2cc3cc(-c4cc(CCC[C@@H](N)CO)cc(Cl)c4F)[nH]c3nc2=O)cc1. The summed E-state index contributed by atoms with van der Waals surface area (Å²) in [5, 5.41) is 23.2. The minimum absolute atomic E-state index is 0.000222. The largest absolute Gasteiger partial charge is 0.395 e. The van der Waals surface area contributed by atoms with Gasteiger partial charge < -0.3 is 37.9 Å². The number of halogens is 2. The summed E-state index contributed by atoms with van der Waals surface area (Å²) in [6.45, 7) is 1.49. The molecule has 0 aliphatic rings. The number of aromatic amines is 1. The molecule has 2 aromatic heterocycles. The quantitative estimate of drug-likeness (QED) is 0.0798. The number of guanidine groups is 1. The number of nitrogens with one attached hydrogen (secondary N) is 4. The lowest BCUT2D eigenvalue weighted by molar-refractivity contribution is 0.258. The zero-order valence-electron chi connectivity index (χ0n) is 23.2. The summed E-state index contributed by atoms with van der Waals surface area (Å²) in [5.41, 5.74) is 20.0. The summed E-state index contributed by atoms with van der Waals surface area (Å²) < 4.78 is 16.5. The molecule has 4 aromatic rings. The summed E-state index contributed by atoms with van der Waals surface area (Å²) >= 11 is 6.21. The molecule has 0 saturated carbocycles.